The SMILES string of the molecule is [11CH3]N1C(=O)CC[C@H]1c1cccnc1. The summed E-state index contributed by atoms with van der Waals surface area (Å²) in [6.07, 6.45) is 5.16. The first-order valence-electron chi connectivity index (χ1n) is 4.44. The van der Waals surface area contributed by atoms with Crippen LogP contribution in [0, 0.1) is 0 Å². The van der Waals surface area contributed by atoms with E-state index in [1.807, 2.05) is 25.4 Å². The van der Waals surface area contributed by atoms with Crippen LogP contribution in [-0.4, -0.2) is 22.8 Å². The summed E-state index contributed by atoms with van der Waals surface area (Å²) in [5, 5.41) is 0. The molecule has 1 amide bonds. The molecule has 0 aliphatic carbocycles. The number of hydrogen-bond donors (Lipinski definition) is 0. The van der Waals surface area contributed by atoms with Crippen molar-refractivity contribution in [3.63, 3.8) is 0 Å². The maximum Gasteiger partial charge on any atom is 0.222 e. The predicted octanol–water partition coefficient (Wildman–Crippen LogP) is 1.37. The van der Waals surface area contributed by atoms with Crippen LogP contribution in [0.4, 0.5) is 0 Å². The molecule has 0 unspecified atom stereocenters. The van der Waals surface area contributed by atoms with Crippen LogP contribution in [0.5, 0.6) is 0 Å². The van der Waals surface area contributed by atoms with Crippen molar-refractivity contribution in [3.8, 4) is 0 Å². The van der Waals surface area contributed by atoms with Crippen molar-refractivity contribution in [1.29, 1.82) is 0 Å². The van der Waals surface area contributed by atoms with Crippen LogP contribution in [0.25, 0.3) is 0 Å². The molecule has 68 valence electrons. The summed E-state index contributed by atoms with van der Waals surface area (Å²) in [7, 11) is 1.85. The van der Waals surface area contributed by atoms with Crippen LogP contribution >= 0.6 is 0 Å². The van der Waals surface area contributed by atoms with E-state index >= 15 is 0 Å². The van der Waals surface area contributed by atoms with Crippen LogP contribution in [0.15, 0.2) is 24.5 Å². The number of carbonyl (C=O) groups excluding carboxylic acids is 1. The molecule has 1 aromatic rings. The van der Waals surface area contributed by atoms with Crippen LogP contribution in [0.2, 0.25) is 0 Å². The van der Waals surface area contributed by atoms with Gasteiger partial charge in [0, 0.05) is 25.9 Å². The fraction of sp³-hybridized carbons (Fsp3) is 0.400. The standard InChI is InChI=1S/C10H12N2O/c1-12-9(4-5-10(12)13)8-3-2-6-11-7-8/h2-3,6-7,9H,4-5H2,1H3/t9-/m0/s1/i1-1. The molecule has 3 heteroatoms. The van der Waals surface area contributed by atoms with Crippen LogP contribution < -0.4 is 0 Å². The van der Waals surface area contributed by atoms with E-state index in [0.717, 1.165) is 12.0 Å². The van der Waals surface area contributed by atoms with Gasteiger partial charge in [0.05, 0.1) is 6.04 Å². The minimum Gasteiger partial charge on any atom is -0.339 e. The number of amides is 1. The highest BCUT2D eigenvalue weighted by molar-refractivity contribution is 5.78. The van der Waals surface area contributed by atoms with Gasteiger partial charge in [-0.1, -0.05) is 6.07 Å². The van der Waals surface area contributed by atoms with Crippen molar-refractivity contribution >= 4 is 5.91 Å². The van der Waals surface area contributed by atoms with Gasteiger partial charge in [0.25, 0.3) is 0 Å². The van der Waals surface area contributed by atoms with E-state index in [2.05, 4.69) is 4.98 Å². The number of carbonyl (C=O) groups is 1. The normalized spacial score (nSPS) is 22.4. The summed E-state index contributed by atoms with van der Waals surface area (Å²) in [5.74, 6) is 0.230. The number of aromatic nitrogens is 1. The second-order valence-electron chi connectivity index (χ2n) is 3.35. The second-order valence-corrected chi connectivity index (χ2v) is 3.35. The van der Waals surface area contributed by atoms with Crippen molar-refractivity contribution < 1.29 is 4.79 Å². The molecule has 13 heavy (non-hydrogen) atoms. The number of nitrogens with zero attached hydrogens (tertiary/aromatic N) is 2. The number of hydrogen-bond acceptors (Lipinski definition) is 2. The second kappa shape index (κ2) is 3.17. The summed E-state index contributed by atoms with van der Waals surface area (Å²) in [4.78, 5) is 17.1. The molecular weight excluding hydrogens is 163 g/mol. The van der Waals surface area contributed by atoms with Crippen molar-refractivity contribution in [3.05, 3.63) is 30.1 Å². The molecule has 0 aromatic carbocycles. The quantitative estimate of drug-likeness (QED) is 0.646. The maximum absolute atomic E-state index is 11.3. The predicted molar refractivity (Wildman–Crippen MR) is 49.0 cm³/mol. The number of pyridine rings is 1. The average Bonchev–Trinajstić information content (AvgIpc) is 2.49. The van der Waals surface area contributed by atoms with Gasteiger partial charge in [0.2, 0.25) is 5.91 Å². The minimum absolute atomic E-state index is 0.230. The largest absolute Gasteiger partial charge is 0.339 e. The van der Waals surface area contributed by atoms with E-state index in [4.69, 9.17) is 0 Å². The molecule has 1 saturated heterocycles. The Morgan fingerprint density at radius 2 is 2.46 bits per heavy atom. The highest BCUT2D eigenvalue weighted by Gasteiger charge is 2.28. The van der Waals surface area contributed by atoms with E-state index in [9.17, 15) is 4.79 Å². The average molecular weight is 175 g/mol. The first-order valence-corrected chi connectivity index (χ1v) is 4.44. The molecule has 1 atom stereocenters. The Morgan fingerprint density at radius 3 is 3.00 bits per heavy atom. The molecule has 0 N–H and O–H groups in total. The molecule has 1 aromatic heterocycles. The summed E-state index contributed by atoms with van der Waals surface area (Å²) in [6.45, 7) is 0. The van der Waals surface area contributed by atoms with Gasteiger partial charge in [-0.2, -0.15) is 0 Å². The lowest BCUT2D eigenvalue weighted by atomic mass is 10.1. The van der Waals surface area contributed by atoms with Crippen LogP contribution in [0.3, 0.4) is 0 Å². The van der Waals surface area contributed by atoms with E-state index in [0.29, 0.717) is 6.42 Å². The minimum atomic E-state index is 0.230. The van der Waals surface area contributed by atoms with Crippen LogP contribution in [-0.2, 0) is 4.79 Å². The molecular formula is C10H12N2O. The van der Waals surface area contributed by atoms with Gasteiger partial charge < -0.3 is 4.90 Å². The third kappa shape index (κ3) is 1.41. The van der Waals surface area contributed by atoms with Crippen molar-refractivity contribution in [2.24, 2.45) is 0 Å². The molecule has 1 fully saturated rings. The van der Waals surface area contributed by atoms with Crippen molar-refractivity contribution in [1.82, 2.24) is 9.88 Å². The molecule has 2 heterocycles. The van der Waals surface area contributed by atoms with E-state index < -0.39 is 0 Å². The first kappa shape index (κ1) is 8.23. The Balaban J connectivity index is 2.24. The molecule has 0 bridgehead atoms. The fourth-order valence-corrected chi connectivity index (χ4v) is 1.77. The molecule has 1 aliphatic heterocycles. The van der Waals surface area contributed by atoms with Crippen LogP contribution in [0.1, 0.15) is 24.4 Å². The molecule has 0 saturated carbocycles. The fourth-order valence-electron chi connectivity index (χ4n) is 1.77. The van der Waals surface area contributed by atoms with Gasteiger partial charge in [-0.25, -0.2) is 0 Å². The maximum atomic E-state index is 11.3. The molecule has 0 spiro atoms. The van der Waals surface area contributed by atoms with Crippen molar-refractivity contribution in [2.75, 3.05) is 7.05 Å². The number of rotatable bonds is 1. The summed E-state index contributed by atoms with van der Waals surface area (Å²) in [5.41, 5.74) is 1.14. The third-order valence-electron chi connectivity index (χ3n) is 2.56. The van der Waals surface area contributed by atoms with Gasteiger partial charge in [-0.05, 0) is 18.1 Å². The zero-order valence-corrected chi connectivity index (χ0v) is 7.60. The van der Waals surface area contributed by atoms with Gasteiger partial charge in [-0.15, -0.1) is 0 Å². The lowest BCUT2D eigenvalue weighted by Gasteiger charge is -2.19. The van der Waals surface area contributed by atoms with E-state index in [-0.39, 0.29) is 11.9 Å². The lowest BCUT2D eigenvalue weighted by molar-refractivity contribution is -0.127. The Kier molecular flexibility index (Phi) is 2.00. The van der Waals surface area contributed by atoms with E-state index in [1.165, 1.54) is 0 Å². The first-order chi connectivity index (χ1) is 6.29. The monoisotopic (exact) mass is 175 g/mol. The Morgan fingerprint density at radius 1 is 1.62 bits per heavy atom. The summed E-state index contributed by atoms with van der Waals surface area (Å²) < 4.78 is 0. The Labute approximate surface area is 77.4 Å². The highest BCUT2D eigenvalue weighted by Crippen LogP contribution is 2.30. The molecule has 1 aliphatic rings. The zero-order valence-electron chi connectivity index (χ0n) is 7.60. The van der Waals surface area contributed by atoms with Gasteiger partial charge in [-0.3, -0.25) is 9.78 Å². The third-order valence-corrected chi connectivity index (χ3v) is 2.56. The van der Waals surface area contributed by atoms with Crippen molar-refractivity contribution in [2.45, 2.75) is 18.9 Å². The molecule has 0 radical (unpaired) electrons. The summed E-state index contributed by atoms with van der Waals surface area (Å²) in [6, 6.07) is 4.17. The smallest absolute Gasteiger partial charge is 0.222 e. The van der Waals surface area contributed by atoms with Gasteiger partial charge in [0.1, 0.15) is 0 Å². The van der Waals surface area contributed by atoms with Gasteiger partial charge in [0.15, 0.2) is 0 Å². The topological polar surface area (TPSA) is 33.2 Å². The Bertz CT molecular complexity index is 310. The zero-order chi connectivity index (χ0) is 9.26. The highest BCUT2D eigenvalue weighted by atomic mass is 16.2. The number of likely N-dealkylation sites (tertiary alicyclic amines) is 1. The van der Waals surface area contributed by atoms with Gasteiger partial charge >= 0.3 is 0 Å². The summed E-state index contributed by atoms with van der Waals surface area (Å²) >= 11 is 0. The molecule has 2 rings (SSSR count). The van der Waals surface area contributed by atoms with E-state index in [1.54, 1.807) is 11.1 Å². The lowest BCUT2D eigenvalue weighted by Crippen LogP contribution is -2.22. The Hall–Kier alpha value is -1.38. The molecule has 3 nitrogen and oxygen atoms in total.